The monoisotopic (exact) mass is 298 g/mol. The number of carbonyl (C=O) groups is 1. The summed E-state index contributed by atoms with van der Waals surface area (Å²) >= 11 is 0. The number of unbranched alkanes of at least 4 members (excludes halogenated alkanes) is 7. The molecule has 0 rings (SSSR count). The molecule has 0 aromatic rings. The highest BCUT2D eigenvalue weighted by molar-refractivity contribution is 5.75. The first-order chi connectivity index (χ1) is 10.3. The van der Waals surface area contributed by atoms with Crippen molar-refractivity contribution in [3.05, 3.63) is 12.2 Å². The molecule has 0 bridgehead atoms. The predicted octanol–water partition coefficient (Wildman–Crippen LogP) is 3.12. The first-order valence-corrected chi connectivity index (χ1v) is 8.50. The van der Waals surface area contributed by atoms with Gasteiger partial charge in [0.05, 0.1) is 6.67 Å². The molecule has 124 valence electrons. The van der Waals surface area contributed by atoms with Crippen molar-refractivity contribution in [3.8, 4) is 0 Å². The molecular weight excluding hydrogens is 264 g/mol. The van der Waals surface area contributed by atoms with Crippen LogP contribution in [0.15, 0.2) is 12.2 Å². The highest BCUT2D eigenvalue weighted by Gasteiger charge is 1.99. The molecule has 0 atom stereocenters. The van der Waals surface area contributed by atoms with Crippen LogP contribution >= 0.6 is 0 Å². The minimum absolute atomic E-state index is 0.145. The Labute approximate surface area is 130 Å². The Hall–Kier alpha value is -0.870. The van der Waals surface area contributed by atoms with Crippen LogP contribution < -0.4 is 10.6 Å². The number of aliphatic hydroxyl groups excluding tert-OH is 1. The molecule has 0 aromatic carbocycles. The topological polar surface area (TPSA) is 61.4 Å². The fourth-order valence-electron chi connectivity index (χ4n) is 2.12. The Morgan fingerprint density at radius 1 is 1.00 bits per heavy atom. The second kappa shape index (κ2) is 17.2. The first kappa shape index (κ1) is 20.1. The summed E-state index contributed by atoms with van der Waals surface area (Å²) < 4.78 is 0. The lowest BCUT2D eigenvalue weighted by Gasteiger charge is -2.07. The number of amides is 1. The third kappa shape index (κ3) is 17.1. The molecule has 21 heavy (non-hydrogen) atoms. The zero-order valence-electron chi connectivity index (χ0n) is 13.7. The molecule has 1 amide bonds. The van der Waals surface area contributed by atoms with Crippen molar-refractivity contribution in [2.75, 3.05) is 19.8 Å². The summed E-state index contributed by atoms with van der Waals surface area (Å²) in [4.78, 5) is 11.5. The maximum atomic E-state index is 11.5. The quantitative estimate of drug-likeness (QED) is 0.247. The van der Waals surface area contributed by atoms with Crippen LogP contribution in [-0.4, -0.2) is 30.8 Å². The minimum atomic E-state index is 0.145. The van der Waals surface area contributed by atoms with E-state index in [1.807, 2.05) is 6.92 Å². The van der Waals surface area contributed by atoms with Crippen LogP contribution in [0.2, 0.25) is 0 Å². The van der Waals surface area contributed by atoms with Crippen LogP contribution in [0.3, 0.4) is 0 Å². The SMILES string of the molecule is C/C=C/CCCCC(=O)NCNCCCCCCCCO. The van der Waals surface area contributed by atoms with Gasteiger partial charge >= 0.3 is 0 Å². The second-order valence-corrected chi connectivity index (χ2v) is 5.44. The summed E-state index contributed by atoms with van der Waals surface area (Å²) in [7, 11) is 0. The Morgan fingerprint density at radius 3 is 2.43 bits per heavy atom. The number of hydrogen-bond donors (Lipinski definition) is 3. The van der Waals surface area contributed by atoms with E-state index in [2.05, 4.69) is 22.8 Å². The predicted molar refractivity (Wildman–Crippen MR) is 89.1 cm³/mol. The summed E-state index contributed by atoms with van der Waals surface area (Å²) in [5.74, 6) is 0.145. The van der Waals surface area contributed by atoms with Crippen molar-refractivity contribution in [3.63, 3.8) is 0 Å². The molecule has 0 fully saturated rings. The average molecular weight is 298 g/mol. The van der Waals surface area contributed by atoms with E-state index in [1.54, 1.807) is 0 Å². The van der Waals surface area contributed by atoms with Crippen molar-refractivity contribution in [2.24, 2.45) is 0 Å². The van der Waals surface area contributed by atoms with Crippen molar-refractivity contribution in [1.29, 1.82) is 0 Å². The van der Waals surface area contributed by atoms with Crippen LogP contribution in [0.25, 0.3) is 0 Å². The number of nitrogens with one attached hydrogen (secondary N) is 2. The van der Waals surface area contributed by atoms with Crippen LogP contribution in [0.5, 0.6) is 0 Å². The van der Waals surface area contributed by atoms with Gasteiger partial charge < -0.3 is 10.4 Å². The molecule has 0 aliphatic carbocycles. The third-order valence-corrected chi connectivity index (χ3v) is 3.43. The molecule has 4 nitrogen and oxygen atoms in total. The number of carbonyl (C=O) groups excluding carboxylic acids is 1. The molecule has 3 N–H and O–H groups in total. The molecule has 0 heterocycles. The lowest BCUT2D eigenvalue weighted by atomic mass is 10.1. The Balaban J connectivity index is 3.14. The Morgan fingerprint density at radius 2 is 1.71 bits per heavy atom. The van der Waals surface area contributed by atoms with E-state index in [-0.39, 0.29) is 5.91 Å². The van der Waals surface area contributed by atoms with Crippen molar-refractivity contribution >= 4 is 5.91 Å². The number of rotatable bonds is 15. The molecular formula is C17H34N2O2. The summed E-state index contributed by atoms with van der Waals surface area (Å²) in [6.07, 6.45) is 14.8. The molecule has 0 unspecified atom stereocenters. The zero-order valence-corrected chi connectivity index (χ0v) is 13.7. The number of hydrogen-bond acceptors (Lipinski definition) is 3. The van der Waals surface area contributed by atoms with Crippen molar-refractivity contribution < 1.29 is 9.90 Å². The van der Waals surface area contributed by atoms with Crippen molar-refractivity contribution in [1.82, 2.24) is 10.6 Å². The fraction of sp³-hybridized carbons (Fsp3) is 0.824. The molecule has 0 aliphatic heterocycles. The molecule has 0 spiro atoms. The van der Waals surface area contributed by atoms with E-state index in [1.165, 1.54) is 19.3 Å². The summed E-state index contributed by atoms with van der Waals surface area (Å²) in [5.41, 5.74) is 0. The maximum Gasteiger partial charge on any atom is 0.220 e. The minimum Gasteiger partial charge on any atom is -0.396 e. The molecule has 0 aliphatic rings. The van der Waals surface area contributed by atoms with Crippen molar-refractivity contribution in [2.45, 2.75) is 71.1 Å². The first-order valence-electron chi connectivity index (χ1n) is 8.50. The maximum absolute atomic E-state index is 11.5. The molecule has 0 saturated carbocycles. The fourth-order valence-corrected chi connectivity index (χ4v) is 2.12. The molecule has 0 aromatic heterocycles. The second-order valence-electron chi connectivity index (χ2n) is 5.44. The van der Waals surface area contributed by atoms with Crippen LogP contribution in [0, 0.1) is 0 Å². The Kier molecular flexibility index (Phi) is 16.5. The van der Waals surface area contributed by atoms with E-state index in [4.69, 9.17) is 5.11 Å². The van der Waals surface area contributed by atoms with E-state index in [9.17, 15) is 4.79 Å². The Bertz CT molecular complexity index is 255. The highest BCUT2D eigenvalue weighted by atomic mass is 16.2. The van der Waals surface area contributed by atoms with Gasteiger partial charge in [0.25, 0.3) is 0 Å². The summed E-state index contributed by atoms with van der Waals surface area (Å²) in [5, 5.41) is 14.8. The van der Waals surface area contributed by atoms with E-state index < -0.39 is 0 Å². The van der Waals surface area contributed by atoms with Gasteiger partial charge in [-0.1, -0.05) is 37.8 Å². The van der Waals surface area contributed by atoms with Gasteiger partial charge in [-0.3, -0.25) is 10.1 Å². The van der Waals surface area contributed by atoms with Crippen LogP contribution in [0.4, 0.5) is 0 Å². The number of aliphatic hydroxyl groups is 1. The van der Waals surface area contributed by atoms with Gasteiger partial charge in [-0.2, -0.15) is 0 Å². The van der Waals surface area contributed by atoms with Gasteiger partial charge in [-0.25, -0.2) is 0 Å². The number of allylic oxidation sites excluding steroid dienone is 2. The van der Waals surface area contributed by atoms with E-state index in [0.717, 1.165) is 45.1 Å². The lowest BCUT2D eigenvalue weighted by molar-refractivity contribution is -0.121. The summed E-state index contributed by atoms with van der Waals surface area (Å²) in [6, 6.07) is 0. The average Bonchev–Trinajstić information content (AvgIpc) is 2.49. The highest BCUT2D eigenvalue weighted by Crippen LogP contribution is 2.04. The zero-order chi connectivity index (χ0) is 15.6. The van der Waals surface area contributed by atoms with Gasteiger partial charge in [-0.05, 0) is 45.6 Å². The molecule has 0 saturated heterocycles. The summed E-state index contributed by atoms with van der Waals surface area (Å²) in [6.45, 7) is 3.88. The molecule has 4 heteroatoms. The van der Waals surface area contributed by atoms with Crippen LogP contribution in [-0.2, 0) is 4.79 Å². The van der Waals surface area contributed by atoms with Gasteiger partial charge in [0.15, 0.2) is 0 Å². The van der Waals surface area contributed by atoms with Gasteiger partial charge in [0, 0.05) is 13.0 Å². The molecule has 0 radical (unpaired) electrons. The van der Waals surface area contributed by atoms with Gasteiger partial charge in [-0.15, -0.1) is 0 Å². The smallest absolute Gasteiger partial charge is 0.220 e. The van der Waals surface area contributed by atoms with E-state index >= 15 is 0 Å². The van der Waals surface area contributed by atoms with Crippen LogP contribution in [0.1, 0.15) is 71.1 Å². The van der Waals surface area contributed by atoms with Gasteiger partial charge in [0.1, 0.15) is 0 Å². The lowest BCUT2D eigenvalue weighted by Crippen LogP contribution is -2.34. The van der Waals surface area contributed by atoms with Gasteiger partial charge in [0.2, 0.25) is 5.91 Å². The third-order valence-electron chi connectivity index (χ3n) is 3.43. The largest absolute Gasteiger partial charge is 0.396 e. The van der Waals surface area contributed by atoms with E-state index in [0.29, 0.717) is 19.7 Å². The normalized spacial score (nSPS) is 11.1. The standard InChI is InChI=1S/C17H34N2O2/c1-2-3-4-7-10-13-17(21)19-16-18-14-11-8-5-6-9-12-15-20/h2-3,18,20H,4-16H2,1H3,(H,19,21)/b3-2+.